The second kappa shape index (κ2) is 6.63. The highest BCUT2D eigenvalue weighted by atomic mass is 19.1. The maximum Gasteiger partial charge on any atom is 0.357 e. The van der Waals surface area contributed by atoms with Gasteiger partial charge in [0, 0.05) is 11.3 Å². The van der Waals surface area contributed by atoms with Crippen molar-refractivity contribution in [1.82, 2.24) is 14.6 Å². The second-order valence-corrected chi connectivity index (χ2v) is 6.15. The molecule has 0 aliphatic carbocycles. The minimum atomic E-state index is -0.476. The van der Waals surface area contributed by atoms with Crippen LogP contribution in [0.3, 0.4) is 0 Å². The average molecular weight is 341 g/mol. The monoisotopic (exact) mass is 341 g/mol. The molecule has 0 N–H and O–H groups in total. The molecule has 0 saturated heterocycles. The molecule has 25 heavy (non-hydrogen) atoms. The highest BCUT2D eigenvalue weighted by Gasteiger charge is 2.21. The summed E-state index contributed by atoms with van der Waals surface area (Å²) >= 11 is 0. The zero-order valence-electron chi connectivity index (χ0n) is 14.7. The molecule has 2 heterocycles. The molecule has 0 aliphatic rings. The van der Waals surface area contributed by atoms with Gasteiger partial charge < -0.3 is 4.74 Å². The third-order valence-electron chi connectivity index (χ3n) is 3.98. The van der Waals surface area contributed by atoms with Crippen LogP contribution in [0.25, 0.3) is 16.8 Å². The normalized spacial score (nSPS) is 11.3. The van der Waals surface area contributed by atoms with Crippen molar-refractivity contribution in [3.63, 3.8) is 0 Å². The number of carbonyl (C=O) groups is 1. The molecule has 0 spiro atoms. The van der Waals surface area contributed by atoms with Crippen LogP contribution < -0.4 is 0 Å². The van der Waals surface area contributed by atoms with Gasteiger partial charge in [0.25, 0.3) is 0 Å². The average Bonchev–Trinajstić information content (AvgIpc) is 2.89. The number of ether oxygens (including phenoxy) is 1. The molecule has 3 rings (SSSR count). The van der Waals surface area contributed by atoms with Crippen molar-refractivity contribution < 1.29 is 13.9 Å². The molecular formula is C19H20FN3O2. The molecule has 0 bridgehead atoms. The Morgan fingerprint density at radius 1 is 1.32 bits per heavy atom. The lowest BCUT2D eigenvalue weighted by atomic mass is 10.1. The molecule has 0 aliphatic heterocycles. The van der Waals surface area contributed by atoms with E-state index in [9.17, 15) is 9.18 Å². The van der Waals surface area contributed by atoms with Crippen LogP contribution in [0.1, 0.15) is 48.6 Å². The Morgan fingerprint density at radius 3 is 2.72 bits per heavy atom. The lowest BCUT2D eigenvalue weighted by Crippen LogP contribution is -2.12. The summed E-state index contributed by atoms with van der Waals surface area (Å²) in [6.45, 7) is 7.91. The Morgan fingerprint density at radius 2 is 2.08 bits per heavy atom. The number of esters is 1. The van der Waals surface area contributed by atoms with E-state index in [1.807, 2.05) is 20.8 Å². The minimum Gasteiger partial charge on any atom is -0.461 e. The Kier molecular flexibility index (Phi) is 4.53. The first kappa shape index (κ1) is 17.1. The predicted molar refractivity (Wildman–Crippen MR) is 93.2 cm³/mol. The summed E-state index contributed by atoms with van der Waals surface area (Å²) in [7, 11) is 0. The van der Waals surface area contributed by atoms with E-state index in [1.165, 1.54) is 12.1 Å². The number of hydrogen-bond acceptors (Lipinski definition) is 4. The smallest absolute Gasteiger partial charge is 0.357 e. The van der Waals surface area contributed by atoms with Crippen LogP contribution in [0.4, 0.5) is 4.39 Å². The van der Waals surface area contributed by atoms with E-state index < -0.39 is 5.97 Å². The van der Waals surface area contributed by atoms with Crippen LogP contribution in [0.15, 0.2) is 30.3 Å². The van der Waals surface area contributed by atoms with Gasteiger partial charge in [0.1, 0.15) is 5.82 Å². The van der Waals surface area contributed by atoms with Gasteiger partial charge in [0.2, 0.25) is 0 Å². The maximum atomic E-state index is 13.7. The third-order valence-corrected chi connectivity index (χ3v) is 3.98. The van der Waals surface area contributed by atoms with Gasteiger partial charge in [-0.05, 0) is 43.5 Å². The van der Waals surface area contributed by atoms with Crippen molar-refractivity contribution in [3.05, 3.63) is 53.2 Å². The van der Waals surface area contributed by atoms with E-state index in [-0.39, 0.29) is 24.0 Å². The quantitative estimate of drug-likeness (QED) is 0.669. The number of nitrogens with zero attached hydrogens (tertiary/aromatic N) is 3. The summed E-state index contributed by atoms with van der Waals surface area (Å²) in [5.74, 6) is -0.684. The molecule has 130 valence electrons. The Hall–Kier alpha value is -2.76. The van der Waals surface area contributed by atoms with Crippen molar-refractivity contribution in [2.75, 3.05) is 6.61 Å². The zero-order chi connectivity index (χ0) is 18.1. The van der Waals surface area contributed by atoms with Gasteiger partial charge >= 0.3 is 5.97 Å². The van der Waals surface area contributed by atoms with Crippen molar-refractivity contribution >= 4 is 11.6 Å². The van der Waals surface area contributed by atoms with Crippen LogP contribution in [0.2, 0.25) is 0 Å². The first-order chi connectivity index (χ1) is 11.9. The number of benzene rings is 1. The fraction of sp³-hybridized carbons (Fsp3) is 0.316. The van der Waals surface area contributed by atoms with Crippen molar-refractivity contribution in [2.24, 2.45) is 0 Å². The predicted octanol–water partition coefficient (Wildman–Crippen LogP) is 4.14. The SMILES string of the molecule is CCOC(=O)c1cc(C(C)C)n2nc(C)c(-c3cccc(F)c3)c2n1. The van der Waals surface area contributed by atoms with E-state index in [0.29, 0.717) is 16.8 Å². The van der Waals surface area contributed by atoms with Gasteiger partial charge in [-0.2, -0.15) is 5.10 Å². The maximum absolute atomic E-state index is 13.7. The Bertz CT molecular complexity index is 947. The largest absolute Gasteiger partial charge is 0.461 e. The zero-order valence-corrected chi connectivity index (χ0v) is 14.7. The summed E-state index contributed by atoms with van der Waals surface area (Å²) in [6, 6.07) is 7.99. The van der Waals surface area contributed by atoms with E-state index in [0.717, 1.165) is 11.4 Å². The molecule has 0 unspecified atom stereocenters. The van der Waals surface area contributed by atoms with Crippen LogP contribution in [-0.2, 0) is 4.74 Å². The Balaban J connectivity index is 2.31. The van der Waals surface area contributed by atoms with Crippen LogP contribution in [-0.4, -0.2) is 27.2 Å². The van der Waals surface area contributed by atoms with Gasteiger partial charge in [-0.25, -0.2) is 18.7 Å². The lowest BCUT2D eigenvalue weighted by molar-refractivity contribution is 0.0519. The first-order valence-electron chi connectivity index (χ1n) is 8.25. The van der Waals surface area contributed by atoms with Crippen LogP contribution >= 0.6 is 0 Å². The summed E-state index contributed by atoms with van der Waals surface area (Å²) in [4.78, 5) is 16.7. The molecule has 5 nitrogen and oxygen atoms in total. The van der Waals surface area contributed by atoms with E-state index >= 15 is 0 Å². The van der Waals surface area contributed by atoms with Gasteiger partial charge in [0.15, 0.2) is 11.3 Å². The molecule has 0 radical (unpaired) electrons. The van der Waals surface area contributed by atoms with Crippen molar-refractivity contribution in [2.45, 2.75) is 33.6 Å². The van der Waals surface area contributed by atoms with E-state index in [1.54, 1.807) is 29.6 Å². The van der Waals surface area contributed by atoms with Crippen molar-refractivity contribution in [3.8, 4) is 11.1 Å². The summed E-state index contributed by atoms with van der Waals surface area (Å²) in [6.07, 6.45) is 0. The van der Waals surface area contributed by atoms with Gasteiger partial charge in [0.05, 0.1) is 12.3 Å². The van der Waals surface area contributed by atoms with E-state index in [2.05, 4.69) is 10.1 Å². The number of carbonyl (C=O) groups excluding carboxylic acids is 1. The molecule has 0 amide bonds. The van der Waals surface area contributed by atoms with Crippen molar-refractivity contribution in [1.29, 1.82) is 0 Å². The molecule has 0 saturated carbocycles. The van der Waals surface area contributed by atoms with Gasteiger partial charge in [-0.1, -0.05) is 26.0 Å². The summed E-state index contributed by atoms with van der Waals surface area (Å²) in [5, 5.41) is 4.57. The summed E-state index contributed by atoms with van der Waals surface area (Å²) in [5.41, 5.74) is 3.72. The molecule has 2 aromatic heterocycles. The molecule has 3 aromatic rings. The van der Waals surface area contributed by atoms with Crippen LogP contribution in [0.5, 0.6) is 0 Å². The second-order valence-electron chi connectivity index (χ2n) is 6.15. The topological polar surface area (TPSA) is 56.5 Å². The number of hydrogen-bond donors (Lipinski definition) is 0. The molecule has 0 atom stereocenters. The number of rotatable bonds is 4. The minimum absolute atomic E-state index is 0.123. The van der Waals surface area contributed by atoms with Gasteiger partial charge in [-0.3, -0.25) is 0 Å². The fourth-order valence-corrected chi connectivity index (χ4v) is 2.85. The molecule has 0 fully saturated rings. The summed E-state index contributed by atoms with van der Waals surface area (Å²) < 4.78 is 20.5. The highest BCUT2D eigenvalue weighted by molar-refractivity contribution is 5.89. The van der Waals surface area contributed by atoms with Gasteiger partial charge in [-0.15, -0.1) is 0 Å². The lowest BCUT2D eigenvalue weighted by Gasteiger charge is -2.11. The fourth-order valence-electron chi connectivity index (χ4n) is 2.85. The number of aromatic nitrogens is 3. The molecule has 6 heteroatoms. The molecular weight excluding hydrogens is 321 g/mol. The van der Waals surface area contributed by atoms with Crippen LogP contribution in [0, 0.1) is 12.7 Å². The molecule has 1 aromatic carbocycles. The van der Waals surface area contributed by atoms with E-state index in [4.69, 9.17) is 4.74 Å². The standard InChI is InChI=1S/C19H20FN3O2/c1-5-25-19(24)15-10-16(11(2)3)23-18(21-15)17(12(4)22-23)13-7-6-8-14(20)9-13/h6-11H,5H2,1-4H3. The third kappa shape index (κ3) is 3.12. The Labute approximate surface area is 145 Å². The number of aryl methyl sites for hydroxylation is 1. The highest BCUT2D eigenvalue weighted by Crippen LogP contribution is 2.30. The first-order valence-corrected chi connectivity index (χ1v) is 8.25. The number of fused-ring (bicyclic) bond motifs is 1. The number of halogens is 1.